The van der Waals surface area contributed by atoms with Crippen molar-refractivity contribution < 1.29 is 27.8 Å². The number of hydrogen-bond acceptors (Lipinski definition) is 7. The zero-order valence-electron chi connectivity index (χ0n) is 27.9. The molecule has 1 saturated heterocycles. The molecule has 4 aromatic rings. The van der Waals surface area contributed by atoms with Crippen LogP contribution in [0.4, 0.5) is 8.78 Å². The van der Waals surface area contributed by atoms with E-state index in [1.165, 1.54) is 36.0 Å². The van der Waals surface area contributed by atoms with Crippen molar-refractivity contribution >= 4 is 101 Å². The number of amides is 2. The lowest BCUT2D eigenvalue weighted by molar-refractivity contribution is -0.132. The molecule has 15 heteroatoms. The zero-order valence-corrected chi connectivity index (χ0v) is 34.8. The minimum Gasteiger partial charge on any atom is -0.485 e. The quantitative estimate of drug-likeness (QED) is 0.118. The number of alkyl halides is 1. The molecule has 4 unspecified atom stereocenters. The number of hydrogen-bond donors (Lipinski definition) is 2. The lowest BCUT2D eigenvalue weighted by Gasteiger charge is -2.38. The highest BCUT2D eigenvalue weighted by Gasteiger charge is 2.54. The Labute approximate surface area is 339 Å². The van der Waals surface area contributed by atoms with Gasteiger partial charge in [0.05, 0.1) is 0 Å². The summed E-state index contributed by atoms with van der Waals surface area (Å²) in [6.07, 6.45) is 1.61. The number of aliphatic imine (C=N–C) groups is 1. The molecule has 52 heavy (non-hydrogen) atoms. The number of halogens is 5. The van der Waals surface area contributed by atoms with E-state index < -0.39 is 23.3 Å². The highest BCUT2D eigenvalue weighted by molar-refractivity contribution is 14.1. The molecule has 4 heterocycles. The average molecular weight is 985 g/mol. The Morgan fingerprint density at radius 1 is 0.865 bits per heavy atom. The fourth-order valence-electron chi connectivity index (χ4n) is 6.77. The molecule has 4 aliphatic heterocycles. The van der Waals surface area contributed by atoms with Gasteiger partial charge < -0.3 is 20.1 Å². The van der Waals surface area contributed by atoms with Crippen LogP contribution in [0.2, 0.25) is 0 Å². The molecule has 4 atom stereocenters. The molecule has 1 fully saturated rings. The van der Waals surface area contributed by atoms with E-state index in [1.54, 1.807) is 36.2 Å². The van der Waals surface area contributed by atoms with E-state index in [0.29, 0.717) is 46.2 Å². The second kappa shape index (κ2) is 15.7. The molecular formula is C37H31Br2F2IN4O4S2. The van der Waals surface area contributed by atoms with E-state index in [2.05, 4.69) is 65.1 Å². The Balaban J connectivity index is 0.000000171. The predicted octanol–water partition coefficient (Wildman–Crippen LogP) is 8.86. The van der Waals surface area contributed by atoms with Crippen molar-refractivity contribution in [2.45, 2.75) is 36.1 Å². The van der Waals surface area contributed by atoms with Gasteiger partial charge in [-0.15, -0.1) is 0 Å². The lowest BCUT2D eigenvalue weighted by atomic mass is 9.80. The Morgan fingerprint density at radius 3 is 1.90 bits per heavy atom. The van der Waals surface area contributed by atoms with E-state index in [4.69, 9.17) is 26.7 Å². The van der Waals surface area contributed by atoms with Crippen LogP contribution in [-0.2, 0) is 20.7 Å². The Bertz CT molecular complexity index is 2110. The van der Waals surface area contributed by atoms with Gasteiger partial charge in [-0.2, -0.15) is 0 Å². The van der Waals surface area contributed by atoms with Crippen LogP contribution in [0, 0.1) is 11.6 Å². The van der Waals surface area contributed by atoms with Gasteiger partial charge in [0.2, 0.25) is 0 Å². The number of thiocarbonyl (C=S) groups is 1. The molecule has 8 nitrogen and oxygen atoms in total. The van der Waals surface area contributed by atoms with E-state index in [0.717, 1.165) is 14.5 Å². The van der Waals surface area contributed by atoms with Crippen molar-refractivity contribution in [3.63, 3.8) is 0 Å². The van der Waals surface area contributed by atoms with Crippen LogP contribution in [0.25, 0.3) is 0 Å². The van der Waals surface area contributed by atoms with Gasteiger partial charge in [-0.3, -0.25) is 14.5 Å². The number of rotatable bonds is 2. The minimum atomic E-state index is -1.05. The summed E-state index contributed by atoms with van der Waals surface area (Å²) in [4.78, 5) is 34.3. The predicted molar refractivity (Wildman–Crippen MR) is 218 cm³/mol. The first-order chi connectivity index (χ1) is 24.9. The molecule has 270 valence electrons. The van der Waals surface area contributed by atoms with Gasteiger partial charge in [-0.25, -0.2) is 13.8 Å². The number of thioether (sulfide) groups is 1. The summed E-state index contributed by atoms with van der Waals surface area (Å²) in [6, 6.07) is 23.6. The molecule has 4 aliphatic rings. The smallest absolute Gasteiger partial charge is 0.261 e. The highest BCUT2D eigenvalue weighted by Crippen LogP contribution is 2.51. The summed E-state index contributed by atoms with van der Waals surface area (Å²) < 4.78 is 41.2. The normalized spacial score (nSPS) is 23.9. The second-order valence-electron chi connectivity index (χ2n) is 12.1. The van der Waals surface area contributed by atoms with Crippen molar-refractivity contribution in [3.05, 3.63) is 128 Å². The van der Waals surface area contributed by atoms with E-state index in [1.807, 2.05) is 47.6 Å². The summed E-state index contributed by atoms with van der Waals surface area (Å²) >= 11 is 15.6. The average Bonchev–Trinajstić information content (AvgIpc) is 3.55. The number of nitrogens with one attached hydrogen (secondary N) is 2. The third-order valence-corrected chi connectivity index (χ3v) is 11.0. The Hall–Kier alpha value is -3.12. The van der Waals surface area contributed by atoms with Crippen LogP contribution in [0.5, 0.6) is 11.5 Å². The van der Waals surface area contributed by atoms with Crippen LogP contribution in [0.15, 0.2) is 98.9 Å². The molecule has 0 radical (unpaired) electrons. The second-order valence-corrected chi connectivity index (χ2v) is 15.2. The SMILES string of the molecule is CI.CSC1=NC2(CC(c3cccc(F)c3)Oc3ccc(Br)cc32)C(=O)N1C.O=C1NC(=S)NC12CC(c1cccc(F)c1)Oc1ccc(Br)cc12. The molecule has 4 aromatic carbocycles. The monoisotopic (exact) mass is 982 g/mol. The van der Waals surface area contributed by atoms with Crippen LogP contribution in [0.3, 0.4) is 0 Å². The molecule has 8 rings (SSSR count). The van der Waals surface area contributed by atoms with E-state index in [9.17, 15) is 18.4 Å². The van der Waals surface area contributed by atoms with Crippen LogP contribution >= 0.6 is 78.4 Å². The molecule has 2 spiro atoms. The summed E-state index contributed by atoms with van der Waals surface area (Å²) in [7, 11) is 1.73. The maximum Gasteiger partial charge on any atom is 0.261 e. The lowest BCUT2D eigenvalue weighted by Crippen LogP contribution is -2.48. The van der Waals surface area contributed by atoms with Crippen molar-refractivity contribution in [2.75, 3.05) is 18.2 Å². The fourth-order valence-corrected chi connectivity index (χ4v) is 8.37. The van der Waals surface area contributed by atoms with E-state index in [-0.39, 0.29) is 28.6 Å². The third-order valence-electron chi connectivity index (χ3n) is 9.10. The van der Waals surface area contributed by atoms with Gasteiger partial charge in [-0.1, -0.05) is 90.5 Å². The number of carbonyl (C=O) groups is 2. The molecule has 2 amide bonds. The summed E-state index contributed by atoms with van der Waals surface area (Å²) in [5.74, 6) is 0.186. The van der Waals surface area contributed by atoms with Crippen molar-refractivity contribution in [2.24, 2.45) is 4.99 Å². The number of fused-ring (bicyclic) bond motifs is 4. The first-order valence-electron chi connectivity index (χ1n) is 15.8. The summed E-state index contributed by atoms with van der Waals surface area (Å²) in [5, 5.41) is 6.70. The Kier molecular flexibility index (Phi) is 11.7. The maximum absolute atomic E-state index is 13.7. The van der Waals surface area contributed by atoms with E-state index >= 15 is 0 Å². The summed E-state index contributed by atoms with van der Waals surface area (Å²) in [6.45, 7) is 0. The van der Waals surface area contributed by atoms with Crippen LogP contribution in [-0.4, -0.2) is 45.2 Å². The van der Waals surface area contributed by atoms with Crippen molar-refractivity contribution in [3.8, 4) is 11.5 Å². The van der Waals surface area contributed by atoms with Crippen molar-refractivity contribution in [1.82, 2.24) is 15.5 Å². The maximum atomic E-state index is 13.7. The number of likely N-dealkylation sites (N-methyl/N-ethyl adjacent to an activating group) is 1. The molecule has 0 aliphatic carbocycles. The first kappa shape index (κ1) is 38.6. The van der Waals surface area contributed by atoms with Gasteiger partial charge in [0.25, 0.3) is 11.8 Å². The largest absolute Gasteiger partial charge is 0.485 e. The van der Waals surface area contributed by atoms with Gasteiger partial charge in [-0.05, 0) is 95.2 Å². The Morgan fingerprint density at radius 2 is 1.40 bits per heavy atom. The van der Waals surface area contributed by atoms with Gasteiger partial charge >= 0.3 is 0 Å². The number of carbonyl (C=O) groups excluding carboxylic acids is 2. The van der Waals surface area contributed by atoms with Gasteiger partial charge in [0.15, 0.2) is 21.4 Å². The molecule has 2 N–H and O–H groups in total. The first-order valence-corrected chi connectivity index (χ1v) is 21.2. The molecule has 0 aromatic heterocycles. The topological polar surface area (TPSA) is 92.3 Å². The van der Waals surface area contributed by atoms with Gasteiger partial charge in [0.1, 0.15) is 35.3 Å². The number of ether oxygens (including phenoxy) is 2. The van der Waals surface area contributed by atoms with Crippen molar-refractivity contribution in [1.29, 1.82) is 0 Å². The number of nitrogens with zero attached hydrogens (tertiary/aromatic N) is 2. The number of amidine groups is 1. The van der Waals surface area contributed by atoms with Gasteiger partial charge in [0, 0.05) is 40.0 Å². The highest BCUT2D eigenvalue weighted by atomic mass is 127. The molecule has 0 bridgehead atoms. The van der Waals surface area contributed by atoms with Crippen LogP contribution in [0.1, 0.15) is 47.3 Å². The standard InChI is InChI=1S/C19H16BrFN2O2S.C17H12BrFN2O2S.CH3I/c1-23-17(24)19(22-18(23)26-2)10-16(11-4-3-5-13(21)8-11)25-15-7-6-12(20)9-14(15)19;18-10-4-5-13-12(7-10)17(15(22)20-16(24)21-17)8-14(23-13)9-2-1-3-11(19)6-9;1-2/h3-9,16H,10H2,1-2H3;1-7,14H,8H2,(H2,20,21,22,24);1H3. The minimum absolute atomic E-state index is 0.0918. The fraction of sp³-hybridized carbons (Fsp3) is 0.243. The third kappa shape index (κ3) is 7.22. The number of benzene rings is 4. The summed E-state index contributed by atoms with van der Waals surface area (Å²) in [5.41, 5.74) is 0.742. The van der Waals surface area contributed by atoms with Crippen LogP contribution < -0.4 is 20.1 Å². The zero-order chi connectivity index (χ0) is 37.4. The molecular weight excluding hydrogens is 953 g/mol. The molecule has 0 saturated carbocycles.